The van der Waals surface area contributed by atoms with Crippen LogP contribution in [-0.4, -0.2) is 58.8 Å². The number of carbonyl (C=O) groups is 3. The summed E-state index contributed by atoms with van der Waals surface area (Å²) in [6.45, 7) is 0.487. The van der Waals surface area contributed by atoms with Gasteiger partial charge in [0.25, 0.3) is 5.91 Å². The van der Waals surface area contributed by atoms with E-state index in [0.29, 0.717) is 30.7 Å². The summed E-state index contributed by atoms with van der Waals surface area (Å²) in [5, 5.41) is 4.82. The average molecular weight is 452 g/mol. The average Bonchev–Trinajstić information content (AvgIpc) is 3.60. The lowest BCUT2D eigenvalue weighted by molar-refractivity contribution is -0.138. The van der Waals surface area contributed by atoms with Crippen LogP contribution in [-0.2, 0) is 20.7 Å². The number of ketones is 1. The number of likely N-dealkylation sites (tertiary alicyclic amines) is 1. The van der Waals surface area contributed by atoms with Crippen LogP contribution >= 0.6 is 11.3 Å². The van der Waals surface area contributed by atoms with Crippen LogP contribution in [0, 0.1) is 0 Å². The molecule has 8 nitrogen and oxygen atoms in total. The number of nitrogens with one attached hydrogen (secondary N) is 1. The fourth-order valence-corrected chi connectivity index (χ4v) is 5.01. The van der Waals surface area contributed by atoms with E-state index in [-0.39, 0.29) is 30.3 Å². The van der Waals surface area contributed by atoms with Crippen molar-refractivity contribution in [2.75, 3.05) is 13.2 Å². The number of hydrogen-bond acceptors (Lipinski definition) is 7. The third kappa shape index (κ3) is 3.96. The summed E-state index contributed by atoms with van der Waals surface area (Å²) in [7, 11) is 0. The van der Waals surface area contributed by atoms with Crippen molar-refractivity contribution < 1.29 is 23.5 Å². The fraction of sp³-hybridized carbons (Fsp3) is 0.304. The molecule has 0 aliphatic carbocycles. The lowest BCUT2D eigenvalue weighted by atomic mass is 10.1. The molecule has 164 valence electrons. The summed E-state index contributed by atoms with van der Waals surface area (Å²) >= 11 is 1.52. The Morgan fingerprint density at radius 3 is 2.81 bits per heavy atom. The van der Waals surface area contributed by atoms with E-state index in [1.54, 1.807) is 35.4 Å². The van der Waals surface area contributed by atoms with Gasteiger partial charge in [-0.1, -0.05) is 18.2 Å². The van der Waals surface area contributed by atoms with Gasteiger partial charge in [0.2, 0.25) is 5.91 Å². The molecule has 2 amide bonds. The molecule has 32 heavy (non-hydrogen) atoms. The topological polar surface area (TPSA) is 102 Å². The van der Waals surface area contributed by atoms with Gasteiger partial charge in [-0.15, -0.1) is 11.3 Å². The number of aromatic nitrogens is 1. The zero-order valence-electron chi connectivity index (χ0n) is 17.1. The van der Waals surface area contributed by atoms with E-state index in [1.807, 2.05) is 17.5 Å². The number of ether oxygens (including phenoxy) is 1. The van der Waals surface area contributed by atoms with Crippen molar-refractivity contribution in [2.24, 2.45) is 0 Å². The monoisotopic (exact) mass is 451 g/mol. The molecule has 2 aromatic heterocycles. The summed E-state index contributed by atoms with van der Waals surface area (Å²) in [6, 6.07) is 9.41. The highest BCUT2D eigenvalue weighted by Crippen LogP contribution is 2.28. The van der Waals surface area contributed by atoms with Crippen molar-refractivity contribution in [3.05, 3.63) is 64.8 Å². The molecule has 3 atom stereocenters. The number of benzene rings is 1. The van der Waals surface area contributed by atoms with Gasteiger partial charge in [-0.2, -0.15) is 0 Å². The predicted octanol–water partition coefficient (Wildman–Crippen LogP) is 2.31. The van der Waals surface area contributed by atoms with Gasteiger partial charge >= 0.3 is 0 Å². The quantitative estimate of drug-likeness (QED) is 0.617. The highest BCUT2D eigenvalue weighted by atomic mass is 32.1. The van der Waals surface area contributed by atoms with E-state index in [1.165, 1.54) is 17.7 Å². The van der Waals surface area contributed by atoms with E-state index < -0.39 is 12.1 Å². The number of oxazole rings is 1. The van der Waals surface area contributed by atoms with E-state index in [9.17, 15) is 14.4 Å². The van der Waals surface area contributed by atoms with Gasteiger partial charge in [-0.05, 0) is 30.0 Å². The lowest BCUT2D eigenvalue weighted by Crippen LogP contribution is -2.53. The minimum atomic E-state index is -0.776. The lowest BCUT2D eigenvalue weighted by Gasteiger charge is -2.27. The first kappa shape index (κ1) is 20.6. The largest absolute Gasteiger partial charge is 0.444 e. The second-order valence-electron chi connectivity index (χ2n) is 7.83. The number of carbonyl (C=O) groups excluding carboxylic acids is 3. The Hall–Kier alpha value is -3.30. The second-order valence-corrected chi connectivity index (χ2v) is 8.87. The third-order valence-corrected chi connectivity index (χ3v) is 6.75. The van der Waals surface area contributed by atoms with E-state index in [4.69, 9.17) is 9.15 Å². The van der Waals surface area contributed by atoms with Crippen molar-refractivity contribution in [1.29, 1.82) is 0 Å². The molecule has 0 saturated carbocycles. The summed E-state index contributed by atoms with van der Waals surface area (Å²) in [6.07, 6.45) is 3.70. The minimum Gasteiger partial charge on any atom is -0.444 e. The molecule has 3 aromatic rings. The number of Topliss-reactive ketones (excluding diaryl/α,β-unsaturated/α-hetero) is 1. The summed E-state index contributed by atoms with van der Waals surface area (Å²) in [5.74, 6) is -0.0787. The number of rotatable bonds is 6. The van der Waals surface area contributed by atoms with E-state index >= 15 is 0 Å². The van der Waals surface area contributed by atoms with Crippen LogP contribution in [0.1, 0.15) is 21.7 Å². The molecule has 5 rings (SSSR count). The Bertz CT molecular complexity index is 1110. The predicted molar refractivity (Wildman–Crippen MR) is 116 cm³/mol. The molecule has 0 spiro atoms. The summed E-state index contributed by atoms with van der Waals surface area (Å²) in [5.41, 5.74) is 1.23. The Labute approximate surface area is 188 Å². The minimum absolute atomic E-state index is 0.0403. The first-order valence-corrected chi connectivity index (χ1v) is 11.2. The third-order valence-electron chi connectivity index (χ3n) is 5.85. The molecule has 0 radical (unpaired) electrons. The molecular formula is C23H21N3O5S. The van der Waals surface area contributed by atoms with Crippen LogP contribution in [0.5, 0.6) is 0 Å². The molecule has 2 aliphatic rings. The summed E-state index contributed by atoms with van der Waals surface area (Å²) in [4.78, 5) is 45.1. The second kappa shape index (κ2) is 8.68. The van der Waals surface area contributed by atoms with Crippen molar-refractivity contribution in [3.63, 3.8) is 0 Å². The summed E-state index contributed by atoms with van der Waals surface area (Å²) < 4.78 is 10.8. The smallest absolute Gasteiger partial charge is 0.251 e. The first-order valence-electron chi connectivity index (χ1n) is 10.4. The maximum absolute atomic E-state index is 13.4. The van der Waals surface area contributed by atoms with Gasteiger partial charge in [-0.3, -0.25) is 14.4 Å². The molecule has 2 saturated heterocycles. The Balaban J connectivity index is 1.34. The van der Waals surface area contributed by atoms with Crippen molar-refractivity contribution >= 4 is 28.9 Å². The van der Waals surface area contributed by atoms with Gasteiger partial charge < -0.3 is 19.4 Å². The fourth-order valence-electron chi connectivity index (χ4n) is 4.26. The molecule has 0 bridgehead atoms. The zero-order valence-corrected chi connectivity index (χ0v) is 17.9. The van der Waals surface area contributed by atoms with Gasteiger partial charge in [0.15, 0.2) is 17.9 Å². The van der Waals surface area contributed by atoms with Gasteiger partial charge in [0.05, 0.1) is 12.3 Å². The maximum atomic E-state index is 13.4. The number of amides is 2. The van der Waals surface area contributed by atoms with Crippen molar-refractivity contribution in [3.8, 4) is 11.3 Å². The standard InChI is InChI=1S/C23H21N3O5S/c27-18-12-30-19-7-8-26(21(18)19)23(29)17(10-16-2-1-9-32-16)25-22(28)15-5-3-14(4-6-15)20-11-24-13-31-20/h1-6,9,11,13,17,19,21H,7-8,10,12H2,(H,25,28). The van der Waals surface area contributed by atoms with Gasteiger partial charge in [0, 0.05) is 29.0 Å². The van der Waals surface area contributed by atoms with Gasteiger partial charge in [-0.25, -0.2) is 4.98 Å². The van der Waals surface area contributed by atoms with Crippen molar-refractivity contribution in [1.82, 2.24) is 15.2 Å². The Morgan fingerprint density at radius 2 is 2.09 bits per heavy atom. The molecule has 9 heteroatoms. The normalized spacial score (nSPS) is 20.9. The Morgan fingerprint density at radius 1 is 1.25 bits per heavy atom. The van der Waals surface area contributed by atoms with Crippen LogP contribution in [0.15, 0.2) is 58.8 Å². The molecule has 3 unspecified atom stereocenters. The van der Waals surface area contributed by atoms with Crippen LogP contribution in [0.4, 0.5) is 0 Å². The van der Waals surface area contributed by atoms with Crippen LogP contribution in [0.25, 0.3) is 11.3 Å². The van der Waals surface area contributed by atoms with Gasteiger partial charge in [0.1, 0.15) is 18.7 Å². The SMILES string of the molecule is O=C(NC(Cc1cccs1)C(=O)N1CCC2OCC(=O)C21)c1ccc(-c2cnco2)cc1. The number of fused-ring (bicyclic) bond motifs is 1. The number of nitrogens with zero attached hydrogens (tertiary/aromatic N) is 2. The highest BCUT2D eigenvalue weighted by Gasteiger charge is 2.48. The molecule has 2 aliphatic heterocycles. The van der Waals surface area contributed by atoms with Crippen LogP contribution in [0.2, 0.25) is 0 Å². The molecular weight excluding hydrogens is 430 g/mol. The molecule has 1 aromatic carbocycles. The number of hydrogen-bond donors (Lipinski definition) is 1. The molecule has 2 fully saturated rings. The first-order chi connectivity index (χ1) is 15.6. The zero-order chi connectivity index (χ0) is 22.1. The molecule has 1 N–H and O–H groups in total. The van der Waals surface area contributed by atoms with Crippen LogP contribution in [0.3, 0.4) is 0 Å². The molecule has 4 heterocycles. The highest BCUT2D eigenvalue weighted by molar-refractivity contribution is 7.09. The van der Waals surface area contributed by atoms with E-state index in [0.717, 1.165) is 10.4 Å². The Kier molecular flexibility index (Phi) is 5.59. The maximum Gasteiger partial charge on any atom is 0.251 e. The van der Waals surface area contributed by atoms with E-state index in [2.05, 4.69) is 10.3 Å². The van der Waals surface area contributed by atoms with Crippen LogP contribution < -0.4 is 5.32 Å². The van der Waals surface area contributed by atoms with Crippen molar-refractivity contribution in [2.45, 2.75) is 31.0 Å². The number of thiophene rings is 1.